The molecule has 1 aromatic heterocycles. The van der Waals surface area contributed by atoms with Crippen molar-refractivity contribution < 1.29 is 9.84 Å². The smallest absolute Gasteiger partial charge is 0.165 e. The largest absolute Gasteiger partial charge is 0.504 e. The molecule has 2 N–H and O–H groups in total. The number of aromatic hydroxyl groups is 1. The van der Waals surface area contributed by atoms with Gasteiger partial charge in [0.2, 0.25) is 0 Å². The van der Waals surface area contributed by atoms with E-state index in [4.69, 9.17) is 4.74 Å². The number of para-hydroxylation sites is 1. The van der Waals surface area contributed by atoms with Crippen molar-refractivity contribution in [2.24, 2.45) is 0 Å². The third-order valence-corrected chi connectivity index (χ3v) is 3.08. The van der Waals surface area contributed by atoms with Gasteiger partial charge in [0, 0.05) is 17.3 Å². The van der Waals surface area contributed by atoms with Crippen molar-refractivity contribution in [2.75, 3.05) is 7.11 Å². The minimum Gasteiger partial charge on any atom is -0.504 e. The molecule has 0 spiro atoms. The summed E-state index contributed by atoms with van der Waals surface area (Å²) in [6.45, 7) is 0. The van der Waals surface area contributed by atoms with Gasteiger partial charge in [0.25, 0.3) is 0 Å². The molecule has 0 saturated carbocycles. The molecule has 3 heteroatoms. The second kappa shape index (κ2) is 4.11. The molecule has 0 amide bonds. The Labute approximate surface area is 105 Å². The fourth-order valence-corrected chi connectivity index (χ4v) is 2.14. The number of H-pyrrole nitrogens is 1. The summed E-state index contributed by atoms with van der Waals surface area (Å²) >= 11 is 0. The molecule has 3 nitrogen and oxygen atoms in total. The van der Waals surface area contributed by atoms with Crippen LogP contribution >= 0.6 is 0 Å². The normalized spacial score (nSPS) is 10.7. The zero-order valence-electron chi connectivity index (χ0n) is 9.97. The average Bonchev–Trinajstić information content (AvgIpc) is 2.86. The summed E-state index contributed by atoms with van der Waals surface area (Å²) in [7, 11) is 1.55. The summed E-state index contributed by atoms with van der Waals surface area (Å²) in [5.74, 6) is 0.657. The van der Waals surface area contributed by atoms with E-state index in [1.54, 1.807) is 13.2 Å². The number of ether oxygens (including phenoxy) is 1. The first-order valence-corrected chi connectivity index (χ1v) is 5.73. The van der Waals surface area contributed by atoms with Crippen LogP contribution in [0.3, 0.4) is 0 Å². The Bertz CT molecular complexity index is 701. The lowest BCUT2D eigenvalue weighted by Crippen LogP contribution is -1.86. The Morgan fingerprint density at radius 2 is 2.00 bits per heavy atom. The molecule has 0 aliphatic rings. The van der Waals surface area contributed by atoms with E-state index in [2.05, 4.69) is 4.98 Å². The van der Waals surface area contributed by atoms with Crippen LogP contribution in [-0.4, -0.2) is 17.2 Å². The van der Waals surface area contributed by atoms with Gasteiger partial charge < -0.3 is 14.8 Å². The molecule has 2 aromatic carbocycles. The molecule has 3 aromatic rings. The molecule has 0 bridgehead atoms. The van der Waals surface area contributed by atoms with Crippen LogP contribution in [0.2, 0.25) is 0 Å². The van der Waals surface area contributed by atoms with Gasteiger partial charge >= 0.3 is 0 Å². The van der Waals surface area contributed by atoms with Gasteiger partial charge in [-0.05, 0) is 29.1 Å². The van der Waals surface area contributed by atoms with Crippen molar-refractivity contribution in [1.29, 1.82) is 0 Å². The summed E-state index contributed by atoms with van der Waals surface area (Å²) in [5, 5.41) is 11.3. The van der Waals surface area contributed by atoms with Gasteiger partial charge in [-0.1, -0.05) is 24.3 Å². The van der Waals surface area contributed by atoms with Crippen LogP contribution in [-0.2, 0) is 0 Å². The van der Waals surface area contributed by atoms with Crippen LogP contribution in [0.1, 0.15) is 0 Å². The predicted molar refractivity (Wildman–Crippen MR) is 72.0 cm³/mol. The van der Waals surface area contributed by atoms with E-state index in [9.17, 15) is 5.11 Å². The predicted octanol–water partition coefficient (Wildman–Crippen LogP) is 3.55. The quantitative estimate of drug-likeness (QED) is 0.718. The minimum atomic E-state index is 0.172. The van der Waals surface area contributed by atoms with Crippen LogP contribution in [0.4, 0.5) is 0 Å². The fourth-order valence-electron chi connectivity index (χ4n) is 2.14. The van der Waals surface area contributed by atoms with E-state index in [0.717, 1.165) is 22.0 Å². The summed E-state index contributed by atoms with van der Waals surface area (Å²) in [6.07, 6.45) is 1.90. The Morgan fingerprint density at radius 1 is 1.11 bits per heavy atom. The SMILES string of the molecule is COc1cccc(-c2ccc3cc[nH]c3c2)c1O. The monoisotopic (exact) mass is 239 g/mol. The van der Waals surface area contributed by atoms with Crippen LogP contribution in [0, 0.1) is 0 Å². The molecule has 1 heterocycles. The highest BCUT2D eigenvalue weighted by Gasteiger charge is 2.09. The van der Waals surface area contributed by atoms with Crippen molar-refractivity contribution >= 4 is 10.9 Å². The first kappa shape index (κ1) is 10.7. The highest BCUT2D eigenvalue weighted by molar-refractivity contribution is 5.86. The topological polar surface area (TPSA) is 45.2 Å². The maximum atomic E-state index is 10.1. The second-order valence-corrected chi connectivity index (χ2v) is 4.14. The number of benzene rings is 2. The molecule has 0 saturated heterocycles. The lowest BCUT2D eigenvalue weighted by Gasteiger charge is -2.09. The van der Waals surface area contributed by atoms with E-state index in [1.807, 2.05) is 42.6 Å². The van der Waals surface area contributed by atoms with Crippen LogP contribution < -0.4 is 4.74 Å². The molecule has 18 heavy (non-hydrogen) atoms. The number of fused-ring (bicyclic) bond motifs is 1. The Kier molecular flexibility index (Phi) is 2.45. The van der Waals surface area contributed by atoms with E-state index < -0.39 is 0 Å². The van der Waals surface area contributed by atoms with Gasteiger partial charge in [0.15, 0.2) is 11.5 Å². The maximum Gasteiger partial charge on any atom is 0.165 e. The lowest BCUT2D eigenvalue weighted by molar-refractivity contribution is 0.374. The van der Waals surface area contributed by atoms with E-state index in [-0.39, 0.29) is 5.75 Å². The molecule has 3 rings (SSSR count). The molecule has 0 fully saturated rings. The molecule has 0 unspecified atom stereocenters. The number of rotatable bonds is 2. The van der Waals surface area contributed by atoms with Crippen LogP contribution in [0.5, 0.6) is 11.5 Å². The number of phenolic OH excluding ortho intramolecular Hbond substituents is 1. The highest BCUT2D eigenvalue weighted by Crippen LogP contribution is 2.37. The molecule has 90 valence electrons. The molecule has 0 aliphatic heterocycles. The van der Waals surface area contributed by atoms with Crippen LogP contribution in [0.25, 0.3) is 22.0 Å². The Morgan fingerprint density at radius 3 is 2.83 bits per heavy atom. The second-order valence-electron chi connectivity index (χ2n) is 4.14. The van der Waals surface area contributed by atoms with E-state index >= 15 is 0 Å². The van der Waals surface area contributed by atoms with E-state index in [1.165, 1.54) is 0 Å². The lowest BCUT2D eigenvalue weighted by atomic mass is 10.0. The third-order valence-electron chi connectivity index (χ3n) is 3.08. The van der Waals surface area contributed by atoms with Gasteiger partial charge in [0.1, 0.15) is 0 Å². The van der Waals surface area contributed by atoms with Crippen molar-refractivity contribution in [1.82, 2.24) is 4.98 Å². The number of aromatic nitrogens is 1. The van der Waals surface area contributed by atoms with Crippen molar-refractivity contribution in [3.05, 3.63) is 48.7 Å². The Hall–Kier alpha value is -2.42. The molecule has 0 atom stereocenters. The number of hydrogen-bond acceptors (Lipinski definition) is 2. The summed E-state index contributed by atoms with van der Waals surface area (Å²) in [6, 6.07) is 13.5. The van der Waals surface area contributed by atoms with Crippen molar-refractivity contribution in [3.8, 4) is 22.6 Å². The zero-order valence-corrected chi connectivity index (χ0v) is 9.97. The minimum absolute atomic E-state index is 0.172. The third kappa shape index (κ3) is 1.61. The highest BCUT2D eigenvalue weighted by atomic mass is 16.5. The van der Waals surface area contributed by atoms with Crippen LogP contribution in [0.15, 0.2) is 48.7 Å². The number of hydrogen-bond donors (Lipinski definition) is 2. The number of phenols is 1. The van der Waals surface area contributed by atoms with Gasteiger partial charge in [-0.15, -0.1) is 0 Å². The molecule has 0 aliphatic carbocycles. The van der Waals surface area contributed by atoms with Gasteiger partial charge in [-0.2, -0.15) is 0 Å². The average molecular weight is 239 g/mol. The molecular formula is C15H13NO2. The summed E-state index contributed by atoms with van der Waals surface area (Å²) < 4.78 is 5.12. The molecular weight excluding hydrogens is 226 g/mol. The Balaban J connectivity index is 2.19. The van der Waals surface area contributed by atoms with E-state index in [0.29, 0.717) is 5.75 Å². The fraction of sp³-hybridized carbons (Fsp3) is 0.0667. The van der Waals surface area contributed by atoms with Gasteiger partial charge in [0.05, 0.1) is 7.11 Å². The first-order valence-electron chi connectivity index (χ1n) is 5.73. The molecule has 0 radical (unpaired) electrons. The van der Waals surface area contributed by atoms with Gasteiger partial charge in [-0.3, -0.25) is 0 Å². The summed E-state index contributed by atoms with van der Waals surface area (Å²) in [4.78, 5) is 3.16. The standard InChI is InChI=1S/C15H13NO2/c1-18-14-4-2-3-12(15(14)17)11-6-5-10-7-8-16-13(10)9-11/h2-9,16-17H,1H3. The number of aromatic amines is 1. The number of nitrogens with one attached hydrogen (secondary N) is 1. The van der Waals surface area contributed by atoms with Crippen molar-refractivity contribution in [2.45, 2.75) is 0 Å². The van der Waals surface area contributed by atoms with Gasteiger partial charge in [-0.25, -0.2) is 0 Å². The first-order chi connectivity index (χ1) is 8.79. The number of methoxy groups -OCH3 is 1. The maximum absolute atomic E-state index is 10.1. The van der Waals surface area contributed by atoms with Crippen molar-refractivity contribution in [3.63, 3.8) is 0 Å². The zero-order chi connectivity index (χ0) is 12.5. The summed E-state index contributed by atoms with van der Waals surface area (Å²) in [5.41, 5.74) is 2.78.